The maximum absolute atomic E-state index is 11.3. The number of hydrogen-bond donors (Lipinski definition) is 1. The highest BCUT2D eigenvalue weighted by molar-refractivity contribution is 5.77. The van der Waals surface area contributed by atoms with Crippen LogP contribution in [0.5, 0.6) is 0 Å². The summed E-state index contributed by atoms with van der Waals surface area (Å²) in [6.45, 7) is 7.05. The van der Waals surface area contributed by atoms with Gasteiger partial charge in [-0.15, -0.1) is 0 Å². The predicted octanol–water partition coefficient (Wildman–Crippen LogP) is 0.108. The summed E-state index contributed by atoms with van der Waals surface area (Å²) in [7, 11) is 0. The number of aliphatic hydroxyl groups is 1. The van der Waals surface area contributed by atoms with Crippen molar-refractivity contribution in [2.24, 2.45) is 0 Å². The van der Waals surface area contributed by atoms with Crippen LogP contribution in [0.15, 0.2) is 12.4 Å². The lowest BCUT2D eigenvalue weighted by atomic mass is 10.2. The van der Waals surface area contributed by atoms with Crippen LogP contribution in [0.1, 0.15) is 18.7 Å². The van der Waals surface area contributed by atoms with Gasteiger partial charge in [0.25, 0.3) is 0 Å². The fourth-order valence-electron chi connectivity index (χ4n) is 2.58. The van der Waals surface area contributed by atoms with Crippen LogP contribution in [0, 0.1) is 6.92 Å². The quantitative estimate of drug-likeness (QED) is 0.751. The molecule has 1 aromatic heterocycles. The van der Waals surface area contributed by atoms with Crippen molar-refractivity contribution < 1.29 is 9.90 Å². The van der Waals surface area contributed by atoms with Crippen LogP contribution in [-0.2, 0) is 11.3 Å². The van der Waals surface area contributed by atoms with Gasteiger partial charge >= 0.3 is 0 Å². The van der Waals surface area contributed by atoms with Gasteiger partial charge in [-0.05, 0) is 26.3 Å². The molecule has 20 heavy (non-hydrogen) atoms. The summed E-state index contributed by atoms with van der Waals surface area (Å²) < 4.78 is 2.18. The first-order valence-electron chi connectivity index (χ1n) is 7.29. The molecule has 0 unspecified atom stereocenters. The third kappa shape index (κ3) is 4.05. The smallest absolute Gasteiger partial charge is 0.248 e. The molecule has 2 heterocycles. The lowest BCUT2D eigenvalue weighted by molar-refractivity contribution is -0.135. The first-order valence-corrected chi connectivity index (χ1v) is 7.29. The Morgan fingerprint density at radius 3 is 2.55 bits per heavy atom. The number of carbonyl (C=O) groups excluding carboxylic acids is 1. The highest BCUT2D eigenvalue weighted by atomic mass is 16.3. The van der Waals surface area contributed by atoms with E-state index in [1.807, 2.05) is 19.3 Å². The Morgan fingerprint density at radius 1 is 1.25 bits per heavy atom. The van der Waals surface area contributed by atoms with Crippen LogP contribution in [0.25, 0.3) is 0 Å². The van der Waals surface area contributed by atoms with Gasteiger partial charge in [-0.3, -0.25) is 9.69 Å². The Balaban J connectivity index is 1.59. The minimum atomic E-state index is -0.371. The molecule has 0 aliphatic carbocycles. The number of aryl methyl sites for hydroxylation is 2. The lowest BCUT2D eigenvalue weighted by Gasteiger charge is -2.34. The van der Waals surface area contributed by atoms with Crippen LogP contribution < -0.4 is 0 Å². The molecule has 0 spiro atoms. The molecule has 0 bridgehead atoms. The zero-order valence-electron chi connectivity index (χ0n) is 12.2. The molecule has 0 aromatic carbocycles. The topological polar surface area (TPSA) is 61.6 Å². The summed E-state index contributed by atoms with van der Waals surface area (Å²) in [5, 5.41) is 8.83. The van der Waals surface area contributed by atoms with Crippen LogP contribution in [0.4, 0.5) is 0 Å². The van der Waals surface area contributed by atoms with Crippen LogP contribution in [-0.4, -0.2) is 69.7 Å². The second kappa shape index (κ2) is 7.40. The molecule has 1 saturated heterocycles. The normalized spacial score (nSPS) is 16.6. The van der Waals surface area contributed by atoms with Gasteiger partial charge in [0.15, 0.2) is 0 Å². The van der Waals surface area contributed by atoms with E-state index in [1.54, 1.807) is 4.90 Å². The van der Waals surface area contributed by atoms with Gasteiger partial charge in [0.05, 0.1) is 0 Å². The average molecular weight is 280 g/mol. The van der Waals surface area contributed by atoms with Crippen LogP contribution in [0.2, 0.25) is 0 Å². The summed E-state index contributed by atoms with van der Waals surface area (Å²) in [6.07, 6.45) is 6.17. The van der Waals surface area contributed by atoms with E-state index in [1.165, 1.54) is 0 Å². The summed E-state index contributed by atoms with van der Waals surface area (Å²) in [5.41, 5.74) is 0. The first-order chi connectivity index (χ1) is 9.70. The van der Waals surface area contributed by atoms with Crippen molar-refractivity contribution in [2.45, 2.75) is 26.3 Å². The fraction of sp³-hybridized carbons (Fsp3) is 0.714. The molecule has 0 atom stereocenters. The first kappa shape index (κ1) is 15.0. The van der Waals surface area contributed by atoms with Gasteiger partial charge in [0.2, 0.25) is 5.91 Å². The van der Waals surface area contributed by atoms with Crippen molar-refractivity contribution in [2.75, 3.05) is 39.3 Å². The average Bonchev–Trinajstić information content (AvgIpc) is 2.89. The van der Waals surface area contributed by atoms with Gasteiger partial charge in [0, 0.05) is 45.1 Å². The number of piperazine rings is 1. The molecule has 6 heteroatoms. The zero-order chi connectivity index (χ0) is 14.4. The Morgan fingerprint density at radius 2 is 1.95 bits per heavy atom. The number of imidazole rings is 1. The number of carbonyl (C=O) groups is 1. The van der Waals surface area contributed by atoms with E-state index in [0.717, 1.165) is 57.9 Å². The Hall–Kier alpha value is -1.40. The number of hydrogen-bond acceptors (Lipinski definition) is 4. The summed E-state index contributed by atoms with van der Waals surface area (Å²) >= 11 is 0. The third-order valence-corrected chi connectivity index (χ3v) is 3.91. The maximum Gasteiger partial charge on any atom is 0.248 e. The number of aliphatic hydroxyl groups excluding tert-OH is 1. The molecule has 2 rings (SSSR count). The maximum atomic E-state index is 11.3. The number of unbranched alkanes of at least 4 members (excludes halogenated alkanes) is 1. The second-order valence-corrected chi connectivity index (χ2v) is 5.26. The lowest BCUT2D eigenvalue weighted by Crippen LogP contribution is -2.49. The fourth-order valence-corrected chi connectivity index (χ4v) is 2.58. The molecule has 0 radical (unpaired) electrons. The van der Waals surface area contributed by atoms with E-state index in [4.69, 9.17) is 5.11 Å². The van der Waals surface area contributed by atoms with Crippen LogP contribution >= 0.6 is 0 Å². The monoisotopic (exact) mass is 280 g/mol. The molecule has 1 N–H and O–H groups in total. The molecule has 0 saturated carbocycles. The van der Waals surface area contributed by atoms with Crippen LogP contribution in [0.3, 0.4) is 0 Å². The molecule has 1 aliphatic heterocycles. The Bertz CT molecular complexity index is 425. The minimum Gasteiger partial charge on any atom is -0.387 e. The number of rotatable bonds is 6. The third-order valence-electron chi connectivity index (χ3n) is 3.91. The molecule has 1 fully saturated rings. The molecule has 112 valence electrons. The van der Waals surface area contributed by atoms with Crippen molar-refractivity contribution in [3.8, 4) is 0 Å². The molecule has 6 nitrogen and oxygen atoms in total. The van der Waals surface area contributed by atoms with Crippen molar-refractivity contribution in [1.82, 2.24) is 19.4 Å². The van der Waals surface area contributed by atoms with Crippen molar-refractivity contribution in [3.05, 3.63) is 18.2 Å². The van der Waals surface area contributed by atoms with E-state index in [0.29, 0.717) is 0 Å². The van der Waals surface area contributed by atoms with Crippen molar-refractivity contribution in [3.63, 3.8) is 0 Å². The standard InChI is InChI=1S/C14H24N4O2/c1-13-15-4-7-17(13)6-3-2-5-16-8-10-18(11-9-16)14(20)12-19/h4,7,19H,2-3,5-6,8-12H2,1H3. The Labute approximate surface area is 120 Å². The highest BCUT2D eigenvalue weighted by Crippen LogP contribution is 2.05. The molecule has 1 amide bonds. The van der Waals surface area contributed by atoms with Crippen molar-refractivity contribution >= 4 is 5.91 Å². The molecule has 1 aromatic rings. The Kier molecular flexibility index (Phi) is 5.55. The van der Waals surface area contributed by atoms with Crippen molar-refractivity contribution in [1.29, 1.82) is 0 Å². The van der Waals surface area contributed by atoms with E-state index in [-0.39, 0.29) is 12.5 Å². The molecular formula is C14H24N4O2. The largest absolute Gasteiger partial charge is 0.387 e. The van der Waals surface area contributed by atoms with Gasteiger partial charge in [-0.25, -0.2) is 4.98 Å². The summed E-state index contributed by atoms with van der Waals surface area (Å²) in [6, 6.07) is 0. The SMILES string of the molecule is Cc1nccn1CCCCN1CCN(C(=O)CO)CC1. The van der Waals surface area contributed by atoms with Gasteiger partial charge in [-0.2, -0.15) is 0 Å². The summed E-state index contributed by atoms with van der Waals surface area (Å²) in [5.74, 6) is 0.918. The highest BCUT2D eigenvalue weighted by Gasteiger charge is 2.19. The molecule has 1 aliphatic rings. The van der Waals surface area contributed by atoms with Gasteiger partial charge in [-0.1, -0.05) is 0 Å². The summed E-state index contributed by atoms with van der Waals surface area (Å²) in [4.78, 5) is 19.7. The second-order valence-electron chi connectivity index (χ2n) is 5.26. The number of nitrogens with zero attached hydrogens (tertiary/aromatic N) is 4. The van der Waals surface area contributed by atoms with E-state index in [2.05, 4.69) is 14.5 Å². The molecular weight excluding hydrogens is 256 g/mol. The number of amides is 1. The number of aromatic nitrogens is 2. The van der Waals surface area contributed by atoms with E-state index >= 15 is 0 Å². The van der Waals surface area contributed by atoms with Gasteiger partial charge < -0.3 is 14.6 Å². The minimum absolute atomic E-state index is 0.153. The zero-order valence-corrected chi connectivity index (χ0v) is 12.2. The van der Waals surface area contributed by atoms with E-state index < -0.39 is 0 Å². The predicted molar refractivity (Wildman–Crippen MR) is 76.3 cm³/mol. The van der Waals surface area contributed by atoms with E-state index in [9.17, 15) is 4.79 Å². The van der Waals surface area contributed by atoms with Gasteiger partial charge in [0.1, 0.15) is 12.4 Å².